The molecule has 2 aromatic rings. The maximum absolute atomic E-state index is 12.9. The van der Waals surface area contributed by atoms with Gasteiger partial charge in [-0.05, 0) is 43.7 Å². The van der Waals surface area contributed by atoms with Gasteiger partial charge < -0.3 is 5.32 Å². The minimum absolute atomic E-state index is 0.0291. The van der Waals surface area contributed by atoms with Gasteiger partial charge in [-0.15, -0.1) is 0 Å². The van der Waals surface area contributed by atoms with Crippen molar-refractivity contribution in [3.63, 3.8) is 0 Å². The quantitative estimate of drug-likeness (QED) is 0.581. The number of nitrogens with zero attached hydrogens (tertiary/aromatic N) is 2. The third-order valence-corrected chi connectivity index (χ3v) is 7.05. The van der Waals surface area contributed by atoms with Gasteiger partial charge in [0.05, 0.1) is 16.2 Å². The number of thioether (sulfide) groups is 1. The monoisotopic (exact) mass is 401 g/mol. The standard InChI is InChI=1S/C22H31N3O2S/c1-5-13-25-21(27)17-10-6-7-11-19(17)24-22(25)28-16(4)20(26)23-18-12-8-9-14(2)15(18)3/h6-7,10-11,14-16,18H,5,8-9,12-13H2,1-4H3,(H,23,26)/t14-,15-,16+,18+/m0/s1. The fourth-order valence-electron chi connectivity index (χ4n) is 3.96. The number of hydrogen-bond donors (Lipinski definition) is 1. The van der Waals surface area contributed by atoms with Crippen molar-refractivity contribution < 1.29 is 4.79 Å². The van der Waals surface area contributed by atoms with Gasteiger partial charge in [-0.1, -0.05) is 57.5 Å². The number of para-hydroxylation sites is 1. The summed E-state index contributed by atoms with van der Waals surface area (Å²) in [6.45, 7) is 9.04. The maximum Gasteiger partial charge on any atom is 0.262 e. The van der Waals surface area contributed by atoms with Crippen molar-refractivity contribution in [2.75, 3.05) is 0 Å². The van der Waals surface area contributed by atoms with Crippen LogP contribution in [0.1, 0.15) is 53.4 Å². The summed E-state index contributed by atoms with van der Waals surface area (Å²) in [5, 5.41) is 4.19. The highest BCUT2D eigenvalue weighted by Crippen LogP contribution is 2.30. The molecule has 1 aliphatic rings. The van der Waals surface area contributed by atoms with E-state index < -0.39 is 0 Å². The van der Waals surface area contributed by atoms with Crippen molar-refractivity contribution in [3.05, 3.63) is 34.6 Å². The van der Waals surface area contributed by atoms with E-state index in [1.54, 1.807) is 4.57 Å². The molecule has 0 saturated heterocycles. The van der Waals surface area contributed by atoms with Gasteiger partial charge in [0, 0.05) is 12.6 Å². The second-order valence-electron chi connectivity index (χ2n) is 8.01. The first-order valence-electron chi connectivity index (χ1n) is 10.4. The van der Waals surface area contributed by atoms with Crippen molar-refractivity contribution >= 4 is 28.6 Å². The van der Waals surface area contributed by atoms with Gasteiger partial charge in [-0.3, -0.25) is 14.2 Å². The largest absolute Gasteiger partial charge is 0.352 e. The topological polar surface area (TPSA) is 64.0 Å². The summed E-state index contributed by atoms with van der Waals surface area (Å²) in [5.41, 5.74) is 0.655. The van der Waals surface area contributed by atoms with E-state index in [0.717, 1.165) is 12.8 Å². The molecule has 0 spiro atoms. The Labute approximate surface area is 171 Å². The van der Waals surface area contributed by atoms with Crippen molar-refractivity contribution in [2.45, 2.75) is 76.4 Å². The van der Waals surface area contributed by atoms with Crippen LogP contribution in [0.5, 0.6) is 0 Å². The molecule has 1 N–H and O–H groups in total. The molecule has 5 nitrogen and oxygen atoms in total. The number of fused-ring (bicyclic) bond motifs is 1. The normalized spacial score (nSPS) is 23.5. The van der Waals surface area contributed by atoms with Crippen LogP contribution in [-0.4, -0.2) is 26.8 Å². The molecule has 1 aromatic heterocycles. The molecule has 1 fully saturated rings. The van der Waals surface area contributed by atoms with Crippen molar-refractivity contribution in [2.24, 2.45) is 11.8 Å². The van der Waals surface area contributed by atoms with Crippen LogP contribution in [0, 0.1) is 11.8 Å². The molecule has 1 saturated carbocycles. The zero-order valence-corrected chi connectivity index (χ0v) is 18.1. The zero-order valence-electron chi connectivity index (χ0n) is 17.3. The highest BCUT2D eigenvalue weighted by Gasteiger charge is 2.30. The molecule has 0 bridgehead atoms. The predicted octanol–water partition coefficient (Wildman–Crippen LogP) is 4.23. The SMILES string of the molecule is CCCn1c(S[C@H](C)C(=O)N[C@@H]2CCC[C@H](C)[C@@H]2C)nc2ccccc2c1=O. The zero-order chi connectivity index (χ0) is 20.3. The summed E-state index contributed by atoms with van der Waals surface area (Å²) in [7, 11) is 0. The predicted molar refractivity (Wildman–Crippen MR) is 116 cm³/mol. The molecule has 0 aliphatic heterocycles. The van der Waals surface area contributed by atoms with E-state index in [1.807, 2.05) is 38.1 Å². The van der Waals surface area contributed by atoms with Gasteiger partial charge in [0.15, 0.2) is 5.16 Å². The van der Waals surface area contributed by atoms with Crippen molar-refractivity contribution in [1.29, 1.82) is 0 Å². The molecule has 4 atom stereocenters. The van der Waals surface area contributed by atoms with Gasteiger partial charge in [-0.2, -0.15) is 0 Å². The highest BCUT2D eigenvalue weighted by atomic mass is 32.2. The fourth-order valence-corrected chi connectivity index (χ4v) is 4.90. The molecule has 152 valence electrons. The minimum atomic E-state index is -0.305. The van der Waals surface area contributed by atoms with Crippen LogP contribution < -0.4 is 10.9 Å². The van der Waals surface area contributed by atoms with E-state index in [2.05, 4.69) is 19.2 Å². The average Bonchev–Trinajstić information content (AvgIpc) is 2.68. The minimum Gasteiger partial charge on any atom is -0.352 e. The lowest BCUT2D eigenvalue weighted by atomic mass is 9.78. The first kappa shape index (κ1) is 20.9. The molecule has 1 heterocycles. The van der Waals surface area contributed by atoms with Crippen molar-refractivity contribution in [3.8, 4) is 0 Å². The third-order valence-electron chi connectivity index (χ3n) is 5.96. The van der Waals surface area contributed by atoms with Crippen LogP contribution in [0.15, 0.2) is 34.2 Å². The maximum atomic E-state index is 12.9. The summed E-state index contributed by atoms with van der Waals surface area (Å²) >= 11 is 1.38. The lowest BCUT2D eigenvalue weighted by Crippen LogP contribution is -2.46. The number of rotatable bonds is 6. The molecule has 1 amide bonds. The van der Waals surface area contributed by atoms with Crippen LogP contribution in [0.3, 0.4) is 0 Å². The van der Waals surface area contributed by atoms with Crippen LogP contribution in [0.25, 0.3) is 10.9 Å². The van der Waals surface area contributed by atoms with E-state index in [-0.39, 0.29) is 22.8 Å². The van der Waals surface area contributed by atoms with Crippen LogP contribution >= 0.6 is 11.8 Å². The van der Waals surface area contributed by atoms with Crippen LogP contribution in [-0.2, 0) is 11.3 Å². The molecule has 0 unspecified atom stereocenters. The Morgan fingerprint density at radius 1 is 1.32 bits per heavy atom. The van der Waals surface area contributed by atoms with E-state index in [0.29, 0.717) is 34.4 Å². The van der Waals surface area contributed by atoms with Crippen LogP contribution in [0.2, 0.25) is 0 Å². The summed E-state index contributed by atoms with van der Waals surface area (Å²) in [6, 6.07) is 7.65. The average molecular weight is 402 g/mol. The van der Waals surface area contributed by atoms with Gasteiger partial charge in [0.25, 0.3) is 5.56 Å². The second kappa shape index (κ2) is 9.12. The summed E-state index contributed by atoms with van der Waals surface area (Å²) in [6.07, 6.45) is 4.29. The highest BCUT2D eigenvalue weighted by molar-refractivity contribution is 8.00. The van der Waals surface area contributed by atoms with E-state index in [9.17, 15) is 9.59 Å². The van der Waals surface area contributed by atoms with Gasteiger partial charge in [-0.25, -0.2) is 4.98 Å². The Balaban J connectivity index is 1.80. The fraction of sp³-hybridized carbons (Fsp3) is 0.591. The molecular weight excluding hydrogens is 370 g/mol. The number of nitrogens with one attached hydrogen (secondary N) is 1. The van der Waals surface area contributed by atoms with Crippen LogP contribution in [0.4, 0.5) is 0 Å². The van der Waals surface area contributed by atoms with E-state index >= 15 is 0 Å². The number of carbonyl (C=O) groups is 1. The number of carbonyl (C=O) groups excluding carboxylic acids is 1. The summed E-state index contributed by atoms with van der Waals surface area (Å²) in [5.74, 6) is 1.16. The molecule has 1 aliphatic carbocycles. The summed E-state index contributed by atoms with van der Waals surface area (Å²) < 4.78 is 1.71. The van der Waals surface area contributed by atoms with Crippen molar-refractivity contribution in [1.82, 2.24) is 14.9 Å². The second-order valence-corrected chi connectivity index (χ2v) is 9.32. The van der Waals surface area contributed by atoms with Gasteiger partial charge in [0.1, 0.15) is 0 Å². The molecule has 6 heteroatoms. The molecule has 28 heavy (non-hydrogen) atoms. The van der Waals surface area contributed by atoms with E-state index in [4.69, 9.17) is 4.98 Å². The Kier molecular flexibility index (Phi) is 6.81. The Bertz CT molecular complexity index is 895. The number of benzene rings is 1. The molecular formula is C22H31N3O2S. The third kappa shape index (κ3) is 4.43. The molecule has 1 aromatic carbocycles. The number of hydrogen-bond acceptors (Lipinski definition) is 4. The Hall–Kier alpha value is -1.82. The molecule has 3 rings (SSSR count). The lowest BCUT2D eigenvalue weighted by Gasteiger charge is -2.35. The lowest BCUT2D eigenvalue weighted by molar-refractivity contribution is -0.121. The van der Waals surface area contributed by atoms with Gasteiger partial charge >= 0.3 is 0 Å². The Morgan fingerprint density at radius 2 is 2.07 bits per heavy atom. The number of amides is 1. The first-order chi connectivity index (χ1) is 13.4. The van der Waals surface area contributed by atoms with Gasteiger partial charge in [0.2, 0.25) is 5.91 Å². The van der Waals surface area contributed by atoms with E-state index in [1.165, 1.54) is 24.6 Å². The molecule has 0 radical (unpaired) electrons. The summed E-state index contributed by atoms with van der Waals surface area (Å²) in [4.78, 5) is 30.4. The Morgan fingerprint density at radius 3 is 2.82 bits per heavy atom. The first-order valence-corrected chi connectivity index (χ1v) is 11.3. The smallest absolute Gasteiger partial charge is 0.262 e. The number of aromatic nitrogens is 2.